The van der Waals surface area contributed by atoms with Gasteiger partial charge in [-0.15, -0.1) is 0 Å². The number of hydrogen-bond donors (Lipinski definition) is 0. The summed E-state index contributed by atoms with van der Waals surface area (Å²) >= 11 is 0. The molecule has 0 radical (unpaired) electrons. The van der Waals surface area contributed by atoms with Crippen molar-refractivity contribution in [2.75, 3.05) is 20.3 Å². The monoisotopic (exact) mass is 315 g/mol. The van der Waals surface area contributed by atoms with E-state index in [4.69, 9.17) is 14.1 Å². The summed E-state index contributed by atoms with van der Waals surface area (Å²) in [5, 5.41) is 0. The molecule has 1 atom stereocenters. The van der Waals surface area contributed by atoms with Crippen LogP contribution in [0.25, 0.3) is 0 Å². The minimum Gasteiger partial charge on any atom is -0.465 e. The number of imidazole rings is 1. The number of rotatable bonds is 6. The zero-order valence-corrected chi connectivity index (χ0v) is 14.0. The molecule has 2 aromatic rings. The first-order chi connectivity index (χ1) is 11.2. The molecule has 0 spiro atoms. The average molecular weight is 315 g/mol. The molecule has 4 rings (SSSR count). The molecule has 3 heterocycles. The summed E-state index contributed by atoms with van der Waals surface area (Å²) in [5.74, 6) is 3.25. The molecule has 0 unspecified atom stereocenters. The molecule has 2 aliphatic rings. The van der Waals surface area contributed by atoms with E-state index in [1.54, 1.807) is 7.11 Å². The van der Waals surface area contributed by atoms with Gasteiger partial charge in [-0.3, -0.25) is 4.90 Å². The van der Waals surface area contributed by atoms with Crippen molar-refractivity contribution >= 4 is 0 Å². The first-order valence-corrected chi connectivity index (χ1v) is 8.53. The van der Waals surface area contributed by atoms with Crippen LogP contribution in [0.5, 0.6) is 0 Å². The zero-order chi connectivity index (χ0) is 15.8. The molecule has 0 amide bonds. The van der Waals surface area contributed by atoms with Crippen molar-refractivity contribution in [1.29, 1.82) is 0 Å². The predicted molar refractivity (Wildman–Crippen MR) is 87.1 cm³/mol. The van der Waals surface area contributed by atoms with Crippen LogP contribution in [0.4, 0.5) is 0 Å². The fraction of sp³-hybridized carbons (Fsp3) is 0.611. The van der Waals surface area contributed by atoms with Crippen molar-refractivity contribution < 1.29 is 9.15 Å². The molecule has 5 nitrogen and oxygen atoms in total. The van der Waals surface area contributed by atoms with Gasteiger partial charge in [0.05, 0.1) is 25.2 Å². The molecule has 1 aliphatic heterocycles. The van der Waals surface area contributed by atoms with Gasteiger partial charge in [0.25, 0.3) is 0 Å². The molecule has 1 saturated carbocycles. The molecule has 1 fully saturated rings. The molecule has 0 aromatic carbocycles. The van der Waals surface area contributed by atoms with Crippen molar-refractivity contribution in [2.45, 2.75) is 45.3 Å². The molecule has 0 saturated heterocycles. The Morgan fingerprint density at radius 2 is 2.22 bits per heavy atom. The summed E-state index contributed by atoms with van der Waals surface area (Å²) < 4.78 is 13.6. The van der Waals surface area contributed by atoms with Crippen LogP contribution in [0.1, 0.15) is 41.7 Å². The highest BCUT2D eigenvalue weighted by Crippen LogP contribution is 2.34. The van der Waals surface area contributed by atoms with Crippen LogP contribution in [-0.2, 0) is 24.4 Å². The van der Waals surface area contributed by atoms with E-state index in [0.717, 1.165) is 50.2 Å². The summed E-state index contributed by atoms with van der Waals surface area (Å²) in [4.78, 5) is 7.12. The van der Waals surface area contributed by atoms with Crippen LogP contribution in [0.3, 0.4) is 0 Å². The highest BCUT2D eigenvalue weighted by molar-refractivity contribution is 5.23. The number of aromatic nitrogens is 2. The number of nitrogens with zero attached hydrogens (tertiary/aromatic N) is 3. The maximum absolute atomic E-state index is 5.74. The second-order valence-corrected chi connectivity index (χ2v) is 7.01. The second-order valence-electron chi connectivity index (χ2n) is 7.01. The van der Waals surface area contributed by atoms with E-state index in [-0.39, 0.29) is 0 Å². The van der Waals surface area contributed by atoms with Gasteiger partial charge in [0.2, 0.25) is 0 Å². The van der Waals surface area contributed by atoms with Gasteiger partial charge in [-0.1, -0.05) is 0 Å². The van der Waals surface area contributed by atoms with Gasteiger partial charge in [-0.05, 0) is 37.8 Å². The maximum atomic E-state index is 5.74. The van der Waals surface area contributed by atoms with Gasteiger partial charge >= 0.3 is 0 Å². The SMILES string of the molecule is COC[C@H]1CN(Cc2ccc(C)o2)Cc2ncn(CC3CC3)c21. The van der Waals surface area contributed by atoms with Gasteiger partial charge < -0.3 is 13.7 Å². The van der Waals surface area contributed by atoms with Crippen LogP contribution in [0, 0.1) is 12.8 Å². The Kier molecular flexibility index (Phi) is 3.99. The fourth-order valence-electron chi connectivity index (χ4n) is 3.67. The van der Waals surface area contributed by atoms with Crippen LogP contribution >= 0.6 is 0 Å². The summed E-state index contributed by atoms with van der Waals surface area (Å²) in [6, 6.07) is 4.10. The number of aryl methyl sites for hydroxylation is 1. The van der Waals surface area contributed by atoms with Gasteiger partial charge in [-0.25, -0.2) is 4.98 Å². The molecule has 0 bridgehead atoms. The van der Waals surface area contributed by atoms with Crippen molar-refractivity contribution in [2.24, 2.45) is 5.92 Å². The van der Waals surface area contributed by atoms with E-state index in [9.17, 15) is 0 Å². The van der Waals surface area contributed by atoms with Gasteiger partial charge in [0.15, 0.2) is 0 Å². The Morgan fingerprint density at radius 1 is 1.35 bits per heavy atom. The highest BCUT2D eigenvalue weighted by atomic mass is 16.5. The Hall–Kier alpha value is -1.59. The molecule has 5 heteroatoms. The van der Waals surface area contributed by atoms with Crippen LogP contribution < -0.4 is 0 Å². The Morgan fingerprint density at radius 3 is 2.91 bits per heavy atom. The normalized spacial score (nSPS) is 21.6. The Bertz CT molecular complexity index is 672. The molecule has 2 aromatic heterocycles. The van der Waals surface area contributed by atoms with Crippen LogP contribution in [0.15, 0.2) is 22.9 Å². The topological polar surface area (TPSA) is 43.4 Å². The maximum Gasteiger partial charge on any atom is 0.118 e. The third-order valence-electron chi connectivity index (χ3n) is 4.89. The van der Waals surface area contributed by atoms with Crippen LogP contribution in [-0.4, -0.2) is 34.7 Å². The molecule has 1 aliphatic carbocycles. The standard InChI is InChI=1S/C18H25N3O2/c1-13-3-6-16(23-13)9-20-8-15(11-22-2)18-17(10-20)19-12-21(18)7-14-4-5-14/h3,6,12,14-15H,4-5,7-11H2,1-2H3/t15-/m1/s1. The second kappa shape index (κ2) is 6.13. The number of methoxy groups -OCH3 is 1. The average Bonchev–Trinajstić information content (AvgIpc) is 3.11. The zero-order valence-electron chi connectivity index (χ0n) is 14.0. The van der Waals surface area contributed by atoms with Gasteiger partial charge in [0.1, 0.15) is 11.5 Å². The summed E-state index contributed by atoms with van der Waals surface area (Å²) in [5.41, 5.74) is 2.60. The minimum absolute atomic E-state index is 0.390. The first kappa shape index (κ1) is 15.0. The lowest BCUT2D eigenvalue weighted by Crippen LogP contribution is -2.36. The quantitative estimate of drug-likeness (QED) is 0.822. The third-order valence-corrected chi connectivity index (χ3v) is 4.89. The Balaban J connectivity index is 1.54. The van der Waals surface area contributed by atoms with E-state index >= 15 is 0 Å². The first-order valence-electron chi connectivity index (χ1n) is 8.53. The molecular weight excluding hydrogens is 290 g/mol. The van der Waals surface area contributed by atoms with Gasteiger partial charge in [0, 0.05) is 38.4 Å². The fourth-order valence-corrected chi connectivity index (χ4v) is 3.67. The summed E-state index contributed by atoms with van der Waals surface area (Å²) in [7, 11) is 1.79. The number of furan rings is 1. The van der Waals surface area contributed by atoms with Gasteiger partial charge in [-0.2, -0.15) is 0 Å². The molecular formula is C18H25N3O2. The molecule has 0 N–H and O–H groups in total. The summed E-state index contributed by atoms with van der Waals surface area (Å²) in [6.45, 7) is 6.59. The summed E-state index contributed by atoms with van der Waals surface area (Å²) in [6.07, 6.45) is 4.77. The van der Waals surface area contributed by atoms with E-state index in [1.807, 2.05) is 19.3 Å². The lowest BCUT2D eigenvalue weighted by atomic mass is 9.98. The van der Waals surface area contributed by atoms with Crippen molar-refractivity contribution in [3.8, 4) is 0 Å². The smallest absolute Gasteiger partial charge is 0.118 e. The minimum atomic E-state index is 0.390. The van der Waals surface area contributed by atoms with Crippen LogP contribution in [0.2, 0.25) is 0 Å². The number of fused-ring (bicyclic) bond motifs is 1. The number of hydrogen-bond acceptors (Lipinski definition) is 4. The Labute approximate surface area is 137 Å². The third kappa shape index (κ3) is 3.21. The lowest BCUT2D eigenvalue weighted by molar-refractivity contribution is 0.127. The van der Waals surface area contributed by atoms with Crippen molar-refractivity contribution in [1.82, 2.24) is 14.5 Å². The number of ether oxygens (including phenoxy) is 1. The van der Waals surface area contributed by atoms with E-state index < -0.39 is 0 Å². The molecule has 124 valence electrons. The highest BCUT2D eigenvalue weighted by Gasteiger charge is 2.32. The van der Waals surface area contributed by atoms with E-state index in [1.165, 1.54) is 24.2 Å². The largest absolute Gasteiger partial charge is 0.465 e. The van der Waals surface area contributed by atoms with E-state index in [0.29, 0.717) is 5.92 Å². The van der Waals surface area contributed by atoms with E-state index in [2.05, 4.69) is 15.5 Å². The molecule has 23 heavy (non-hydrogen) atoms. The van der Waals surface area contributed by atoms with Crippen molar-refractivity contribution in [3.05, 3.63) is 41.4 Å². The predicted octanol–water partition coefficient (Wildman–Crippen LogP) is 2.94. The van der Waals surface area contributed by atoms with Crippen molar-refractivity contribution in [3.63, 3.8) is 0 Å². The lowest BCUT2D eigenvalue weighted by Gasteiger charge is -2.32.